The van der Waals surface area contributed by atoms with Gasteiger partial charge >= 0.3 is 0 Å². The van der Waals surface area contributed by atoms with Gasteiger partial charge in [-0.05, 0) is 61.7 Å². The number of nitrogens with zero attached hydrogens (tertiary/aromatic N) is 6. The first-order valence-corrected chi connectivity index (χ1v) is 15.2. The van der Waals surface area contributed by atoms with Gasteiger partial charge in [0.15, 0.2) is 0 Å². The Labute approximate surface area is 243 Å². The number of anilines is 2. The SMILES string of the molecule is CO[C@H]1CN(c2ccc(C3CN([C@@H]4CCN5[C@@H](C4)CN(c4ccc(C#N)c6ncccc46)C[C@H]5C)C3)cc2)C[C@H]1N. The Morgan fingerprint density at radius 3 is 2.54 bits per heavy atom. The molecule has 3 aromatic rings. The summed E-state index contributed by atoms with van der Waals surface area (Å²) in [6, 6.07) is 21.4. The predicted molar refractivity (Wildman–Crippen MR) is 163 cm³/mol. The Balaban J connectivity index is 0.988. The van der Waals surface area contributed by atoms with E-state index in [-0.39, 0.29) is 12.1 Å². The number of piperazine rings is 1. The minimum absolute atomic E-state index is 0.0750. The summed E-state index contributed by atoms with van der Waals surface area (Å²) >= 11 is 0. The molecule has 7 rings (SSSR count). The molecule has 2 N–H and O–H groups in total. The Morgan fingerprint density at radius 2 is 1.78 bits per heavy atom. The van der Waals surface area contributed by atoms with Crippen molar-refractivity contribution < 1.29 is 4.74 Å². The van der Waals surface area contributed by atoms with Gasteiger partial charge < -0.3 is 20.3 Å². The van der Waals surface area contributed by atoms with Gasteiger partial charge in [-0.25, -0.2) is 0 Å². The second-order valence-electron chi connectivity index (χ2n) is 12.6. The second kappa shape index (κ2) is 10.9. The minimum atomic E-state index is 0.0750. The summed E-state index contributed by atoms with van der Waals surface area (Å²) in [5, 5.41) is 10.7. The van der Waals surface area contributed by atoms with Crippen LogP contribution in [0.1, 0.15) is 36.8 Å². The number of ether oxygens (including phenoxy) is 1. The maximum atomic E-state index is 9.59. The highest BCUT2D eigenvalue weighted by atomic mass is 16.5. The lowest BCUT2D eigenvalue weighted by Gasteiger charge is -2.54. The summed E-state index contributed by atoms with van der Waals surface area (Å²) in [6.45, 7) is 9.61. The molecule has 8 heteroatoms. The molecule has 214 valence electrons. The van der Waals surface area contributed by atoms with Crippen molar-refractivity contribution in [2.24, 2.45) is 5.73 Å². The van der Waals surface area contributed by atoms with Gasteiger partial charge in [0.1, 0.15) is 6.07 Å². The third kappa shape index (κ3) is 4.85. The molecule has 0 radical (unpaired) electrons. The van der Waals surface area contributed by atoms with Gasteiger partial charge in [0.05, 0.1) is 23.2 Å². The molecule has 0 spiro atoms. The van der Waals surface area contributed by atoms with E-state index in [2.05, 4.69) is 74.0 Å². The Kier molecular flexibility index (Phi) is 7.08. The van der Waals surface area contributed by atoms with Crippen molar-refractivity contribution in [1.82, 2.24) is 14.8 Å². The maximum Gasteiger partial charge on any atom is 0.101 e. The molecule has 4 aliphatic rings. The number of rotatable bonds is 5. The molecule has 8 nitrogen and oxygen atoms in total. The van der Waals surface area contributed by atoms with Crippen molar-refractivity contribution in [2.75, 3.05) is 62.7 Å². The topological polar surface area (TPSA) is 84.9 Å². The molecule has 1 aromatic heterocycles. The number of pyridine rings is 1. The van der Waals surface area contributed by atoms with E-state index in [0.717, 1.165) is 50.2 Å². The van der Waals surface area contributed by atoms with Crippen LogP contribution in [0, 0.1) is 11.3 Å². The standard InChI is InChI=1S/C33H41N7O/c1-22-16-39(31-10-7-24(15-34)33-29(31)4-3-12-36-33)19-28-14-27(11-13-40(22)28)37-17-25(18-37)23-5-8-26(9-6-23)38-20-30(35)32(21-38)41-2/h3-10,12,22,25,27-28,30,32H,11,13-14,16-21,35H2,1-2H3/t22-,27-,28+,30-,32+/m1/s1. The fourth-order valence-electron chi connectivity index (χ4n) is 7.85. The van der Waals surface area contributed by atoms with E-state index >= 15 is 0 Å². The van der Waals surface area contributed by atoms with E-state index in [1.807, 2.05) is 12.1 Å². The Hall–Kier alpha value is -3.22. The molecule has 4 fully saturated rings. The summed E-state index contributed by atoms with van der Waals surface area (Å²) < 4.78 is 5.53. The van der Waals surface area contributed by atoms with Crippen LogP contribution in [-0.4, -0.2) is 98.0 Å². The predicted octanol–water partition coefficient (Wildman–Crippen LogP) is 3.41. The van der Waals surface area contributed by atoms with Crippen molar-refractivity contribution in [3.8, 4) is 6.07 Å². The number of nitriles is 1. The first-order chi connectivity index (χ1) is 20.0. The number of nitrogens with two attached hydrogens (primary N) is 1. The lowest BCUT2D eigenvalue weighted by atomic mass is 9.85. The molecule has 4 aliphatic heterocycles. The van der Waals surface area contributed by atoms with Crippen LogP contribution in [0.15, 0.2) is 54.7 Å². The zero-order chi connectivity index (χ0) is 28.1. The molecule has 5 heterocycles. The number of hydrogen-bond donors (Lipinski definition) is 1. The molecule has 0 amide bonds. The molecule has 5 atom stereocenters. The molecular formula is C33H41N7O. The van der Waals surface area contributed by atoms with Gasteiger partial charge in [0.2, 0.25) is 0 Å². The third-order valence-corrected chi connectivity index (χ3v) is 10.2. The number of likely N-dealkylation sites (tertiary alicyclic amines) is 1. The zero-order valence-corrected chi connectivity index (χ0v) is 24.2. The lowest BCUT2D eigenvalue weighted by Crippen LogP contribution is -2.64. The van der Waals surface area contributed by atoms with Gasteiger partial charge in [-0.1, -0.05) is 12.1 Å². The van der Waals surface area contributed by atoms with Crippen molar-refractivity contribution in [3.63, 3.8) is 0 Å². The van der Waals surface area contributed by atoms with Crippen molar-refractivity contribution >= 4 is 22.3 Å². The largest absolute Gasteiger partial charge is 0.378 e. The van der Waals surface area contributed by atoms with E-state index < -0.39 is 0 Å². The second-order valence-corrected chi connectivity index (χ2v) is 12.6. The van der Waals surface area contributed by atoms with E-state index in [0.29, 0.717) is 29.6 Å². The number of aromatic nitrogens is 1. The number of fused-ring (bicyclic) bond motifs is 2. The van der Waals surface area contributed by atoms with Gasteiger partial charge in [0, 0.05) is 99.9 Å². The quantitative estimate of drug-likeness (QED) is 0.517. The summed E-state index contributed by atoms with van der Waals surface area (Å²) in [7, 11) is 1.75. The first-order valence-electron chi connectivity index (χ1n) is 15.2. The van der Waals surface area contributed by atoms with E-state index in [1.165, 1.54) is 36.3 Å². The fraction of sp³-hybridized carbons (Fsp3) is 0.515. The molecule has 0 aliphatic carbocycles. The van der Waals surface area contributed by atoms with Crippen LogP contribution in [0.2, 0.25) is 0 Å². The molecular weight excluding hydrogens is 510 g/mol. The minimum Gasteiger partial charge on any atom is -0.378 e. The lowest BCUT2D eigenvalue weighted by molar-refractivity contribution is 0.00151. The highest BCUT2D eigenvalue weighted by Crippen LogP contribution is 2.37. The van der Waals surface area contributed by atoms with Crippen LogP contribution < -0.4 is 15.5 Å². The van der Waals surface area contributed by atoms with Crippen LogP contribution in [0.3, 0.4) is 0 Å². The average molecular weight is 552 g/mol. The molecule has 0 unspecified atom stereocenters. The molecule has 0 bridgehead atoms. The van der Waals surface area contributed by atoms with Crippen LogP contribution in [0.4, 0.5) is 11.4 Å². The number of piperidine rings is 1. The molecule has 2 aromatic carbocycles. The highest BCUT2D eigenvalue weighted by molar-refractivity contribution is 5.95. The van der Waals surface area contributed by atoms with Gasteiger partial charge in [-0.3, -0.25) is 14.8 Å². The zero-order valence-electron chi connectivity index (χ0n) is 24.2. The summed E-state index contributed by atoms with van der Waals surface area (Å²) in [4.78, 5) is 14.9. The van der Waals surface area contributed by atoms with Crippen LogP contribution in [0.25, 0.3) is 10.9 Å². The van der Waals surface area contributed by atoms with E-state index in [1.54, 1.807) is 13.3 Å². The smallest absolute Gasteiger partial charge is 0.101 e. The summed E-state index contributed by atoms with van der Waals surface area (Å²) in [5.41, 5.74) is 11.6. The van der Waals surface area contributed by atoms with Crippen molar-refractivity contribution in [2.45, 2.75) is 56.0 Å². The highest BCUT2D eigenvalue weighted by Gasteiger charge is 2.42. The van der Waals surface area contributed by atoms with Crippen LogP contribution >= 0.6 is 0 Å². The number of hydrogen-bond acceptors (Lipinski definition) is 8. The van der Waals surface area contributed by atoms with E-state index in [9.17, 15) is 5.26 Å². The number of methoxy groups -OCH3 is 1. The Bertz CT molecular complexity index is 1430. The van der Waals surface area contributed by atoms with Crippen LogP contribution in [-0.2, 0) is 4.74 Å². The van der Waals surface area contributed by atoms with Gasteiger partial charge in [-0.2, -0.15) is 5.26 Å². The average Bonchev–Trinajstić information content (AvgIpc) is 3.36. The fourth-order valence-corrected chi connectivity index (χ4v) is 7.85. The number of benzene rings is 2. The third-order valence-electron chi connectivity index (χ3n) is 10.2. The molecule has 0 saturated carbocycles. The Morgan fingerprint density at radius 1 is 0.951 bits per heavy atom. The van der Waals surface area contributed by atoms with Gasteiger partial charge in [0.25, 0.3) is 0 Å². The molecule has 4 saturated heterocycles. The van der Waals surface area contributed by atoms with Crippen molar-refractivity contribution in [3.05, 3.63) is 65.9 Å². The van der Waals surface area contributed by atoms with E-state index in [4.69, 9.17) is 10.5 Å². The summed E-state index contributed by atoms with van der Waals surface area (Å²) in [5.74, 6) is 0.619. The maximum absolute atomic E-state index is 9.59. The van der Waals surface area contributed by atoms with Gasteiger partial charge in [-0.15, -0.1) is 0 Å². The first kappa shape index (κ1) is 26.7. The normalized spacial score (nSPS) is 29.4. The van der Waals surface area contributed by atoms with Crippen molar-refractivity contribution in [1.29, 1.82) is 5.26 Å². The monoisotopic (exact) mass is 551 g/mol. The summed E-state index contributed by atoms with van der Waals surface area (Å²) in [6.07, 6.45) is 4.37. The van der Waals surface area contributed by atoms with Crippen LogP contribution in [0.5, 0.6) is 0 Å². The molecule has 41 heavy (non-hydrogen) atoms.